The van der Waals surface area contributed by atoms with Crippen molar-refractivity contribution in [2.24, 2.45) is 5.11 Å². The van der Waals surface area contributed by atoms with E-state index in [1.54, 1.807) is 0 Å². The number of rotatable bonds is 2. The van der Waals surface area contributed by atoms with Gasteiger partial charge in [0, 0.05) is 11.3 Å². The highest BCUT2D eigenvalue weighted by Crippen LogP contribution is 2.14. The van der Waals surface area contributed by atoms with E-state index < -0.39 is 18.2 Å². The maximum atomic E-state index is 10.5. The minimum atomic E-state index is -1.05. The molecule has 6 nitrogen and oxygen atoms in total. The number of esters is 1. The molecular formula is C5H7N3O3. The summed E-state index contributed by atoms with van der Waals surface area (Å²) in [5.41, 5.74) is 7.91. The van der Waals surface area contributed by atoms with Crippen LogP contribution in [0, 0.1) is 0 Å². The molecule has 2 atom stereocenters. The van der Waals surface area contributed by atoms with Crippen molar-refractivity contribution in [1.29, 1.82) is 0 Å². The molecule has 60 valence electrons. The van der Waals surface area contributed by atoms with E-state index in [0.717, 1.165) is 0 Å². The maximum absolute atomic E-state index is 10.5. The minimum Gasteiger partial charge on any atom is -0.460 e. The molecule has 0 spiro atoms. The minimum absolute atomic E-state index is 0.0965. The van der Waals surface area contributed by atoms with Gasteiger partial charge in [0.25, 0.3) is 0 Å². The molecule has 0 amide bonds. The highest BCUT2D eigenvalue weighted by Gasteiger charge is 2.31. The molecular weight excluding hydrogens is 150 g/mol. The molecule has 1 fully saturated rings. The van der Waals surface area contributed by atoms with Crippen molar-refractivity contribution in [3.63, 3.8) is 0 Å². The second-order valence-electron chi connectivity index (χ2n) is 2.22. The normalized spacial score (nSPS) is 29.4. The van der Waals surface area contributed by atoms with Crippen LogP contribution in [-0.2, 0) is 9.53 Å². The lowest BCUT2D eigenvalue weighted by molar-refractivity contribution is -0.147. The van der Waals surface area contributed by atoms with Crippen LogP contribution in [0.4, 0.5) is 0 Å². The van der Waals surface area contributed by atoms with E-state index in [2.05, 4.69) is 14.8 Å². The first-order valence-corrected chi connectivity index (χ1v) is 3.13. The second kappa shape index (κ2) is 3.23. The first-order chi connectivity index (χ1) is 5.24. The zero-order valence-corrected chi connectivity index (χ0v) is 5.67. The highest BCUT2D eigenvalue weighted by atomic mass is 16.6. The molecule has 1 saturated heterocycles. The molecule has 1 heterocycles. The van der Waals surface area contributed by atoms with E-state index in [-0.39, 0.29) is 13.0 Å². The van der Waals surface area contributed by atoms with Gasteiger partial charge < -0.3 is 9.84 Å². The van der Waals surface area contributed by atoms with Crippen molar-refractivity contribution in [2.75, 3.05) is 6.54 Å². The quantitative estimate of drug-likeness (QED) is 0.264. The Labute approximate surface area is 62.4 Å². The summed E-state index contributed by atoms with van der Waals surface area (Å²) in [4.78, 5) is 13.0. The first kappa shape index (κ1) is 7.84. The lowest BCUT2D eigenvalue weighted by Gasteiger charge is -2.01. The SMILES string of the molecule is [N-]=[N+]=NCC1CC(O)C(=O)O1. The highest BCUT2D eigenvalue weighted by molar-refractivity contribution is 5.76. The molecule has 6 heteroatoms. The lowest BCUT2D eigenvalue weighted by Crippen LogP contribution is -2.11. The predicted molar refractivity (Wildman–Crippen MR) is 34.5 cm³/mol. The summed E-state index contributed by atoms with van der Waals surface area (Å²) in [5.74, 6) is -0.636. The fourth-order valence-electron chi connectivity index (χ4n) is 0.876. The van der Waals surface area contributed by atoms with Gasteiger partial charge in [-0.25, -0.2) is 4.79 Å². The van der Waals surface area contributed by atoms with Gasteiger partial charge in [-0.2, -0.15) is 0 Å². The first-order valence-electron chi connectivity index (χ1n) is 3.13. The number of carbonyl (C=O) groups excluding carboxylic acids is 1. The molecule has 0 radical (unpaired) electrons. The van der Waals surface area contributed by atoms with Crippen LogP contribution < -0.4 is 0 Å². The summed E-state index contributed by atoms with van der Waals surface area (Å²) >= 11 is 0. The van der Waals surface area contributed by atoms with Crippen molar-refractivity contribution in [2.45, 2.75) is 18.6 Å². The van der Waals surface area contributed by atoms with Gasteiger partial charge in [-0.1, -0.05) is 5.11 Å². The molecule has 0 saturated carbocycles. The number of hydrogen-bond acceptors (Lipinski definition) is 4. The number of carbonyl (C=O) groups is 1. The van der Waals surface area contributed by atoms with Crippen LogP contribution >= 0.6 is 0 Å². The largest absolute Gasteiger partial charge is 0.460 e. The summed E-state index contributed by atoms with van der Waals surface area (Å²) in [7, 11) is 0. The van der Waals surface area contributed by atoms with Gasteiger partial charge in [0.1, 0.15) is 6.10 Å². The van der Waals surface area contributed by atoms with Crippen LogP contribution in [0.1, 0.15) is 6.42 Å². The Kier molecular flexibility index (Phi) is 2.30. The Morgan fingerprint density at radius 1 is 1.91 bits per heavy atom. The van der Waals surface area contributed by atoms with E-state index in [9.17, 15) is 4.79 Å². The standard InChI is InChI=1S/C5H7N3O3/c6-8-7-2-3-1-4(9)5(10)11-3/h3-4,9H,1-2H2. The van der Waals surface area contributed by atoms with E-state index >= 15 is 0 Å². The summed E-state index contributed by atoms with van der Waals surface area (Å²) in [6, 6.07) is 0. The Morgan fingerprint density at radius 2 is 2.64 bits per heavy atom. The van der Waals surface area contributed by atoms with Gasteiger partial charge in [-0.15, -0.1) is 0 Å². The van der Waals surface area contributed by atoms with Gasteiger partial charge in [0.2, 0.25) is 0 Å². The Hall–Kier alpha value is -1.26. The van der Waals surface area contributed by atoms with Crippen LogP contribution in [0.5, 0.6) is 0 Å². The van der Waals surface area contributed by atoms with Crippen LogP contribution in [0.15, 0.2) is 5.11 Å². The molecule has 2 unspecified atom stereocenters. The average molecular weight is 157 g/mol. The summed E-state index contributed by atoms with van der Waals surface area (Å²) in [5, 5.41) is 12.1. The summed E-state index contributed by atoms with van der Waals surface area (Å²) in [6.45, 7) is 0.0965. The number of ether oxygens (including phenoxy) is 1. The van der Waals surface area contributed by atoms with Crippen molar-refractivity contribution in [3.05, 3.63) is 10.4 Å². The number of aliphatic hydroxyl groups is 1. The van der Waals surface area contributed by atoms with Crippen LogP contribution in [0.3, 0.4) is 0 Å². The van der Waals surface area contributed by atoms with E-state index in [0.29, 0.717) is 0 Å². The molecule has 0 aromatic rings. The van der Waals surface area contributed by atoms with Crippen molar-refractivity contribution in [1.82, 2.24) is 0 Å². The monoisotopic (exact) mass is 157 g/mol. The molecule has 0 aromatic heterocycles. The molecule has 0 aromatic carbocycles. The van der Waals surface area contributed by atoms with Gasteiger partial charge in [-0.3, -0.25) is 0 Å². The van der Waals surface area contributed by atoms with Gasteiger partial charge >= 0.3 is 5.97 Å². The van der Waals surface area contributed by atoms with Crippen molar-refractivity contribution in [3.8, 4) is 0 Å². The molecule has 1 rings (SSSR count). The summed E-state index contributed by atoms with van der Waals surface area (Å²) < 4.78 is 4.62. The number of cyclic esters (lactones) is 1. The Morgan fingerprint density at radius 3 is 3.09 bits per heavy atom. The third kappa shape index (κ3) is 1.83. The van der Waals surface area contributed by atoms with Gasteiger partial charge in [0.15, 0.2) is 6.10 Å². The molecule has 1 N–H and O–H groups in total. The topological polar surface area (TPSA) is 95.3 Å². The Bertz CT molecular complexity index is 209. The van der Waals surface area contributed by atoms with E-state index in [1.807, 2.05) is 0 Å². The molecule has 0 bridgehead atoms. The van der Waals surface area contributed by atoms with E-state index in [1.165, 1.54) is 0 Å². The predicted octanol–water partition coefficient (Wildman–Crippen LogP) is -0.0269. The van der Waals surface area contributed by atoms with Gasteiger partial charge in [0.05, 0.1) is 6.54 Å². The number of aliphatic hydroxyl groups excluding tert-OH is 1. The molecule has 1 aliphatic heterocycles. The zero-order chi connectivity index (χ0) is 8.27. The van der Waals surface area contributed by atoms with Crippen LogP contribution in [-0.4, -0.2) is 29.8 Å². The zero-order valence-electron chi connectivity index (χ0n) is 5.67. The van der Waals surface area contributed by atoms with Crippen molar-refractivity contribution < 1.29 is 14.6 Å². The summed E-state index contributed by atoms with van der Waals surface area (Å²) in [6.07, 6.45) is -1.28. The third-order valence-corrected chi connectivity index (χ3v) is 1.39. The second-order valence-corrected chi connectivity index (χ2v) is 2.22. The van der Waals surface area contributed by atoms with Crippen molar-refractivity contribution >= 4 is 5.97 Å². The lowest BCUT2D eigenvalue weighted by atomic mass is 10.2. The number of hydrogen-bond donors (Lipinski definition) is 1. The molecule has 0 aliphatic carbocycles. The third-order valence-electron chi connectivity index (χ3n) is 1.39. The molecule has 11 heavy (non-hydrogen) atoms. The fourth-order valence-corrected chi connectivity index (χ4v) is 0.876. The van der Waals surface area contributed by atoms with Gasteiger partial charge in [-0.05, 0) is 5.53 Å². The Balaban J connectivity index is 2.40. The fraction of sp³-hybridized carbons (Fsp3) is 0.800. The van der Waals surface area contributed by atoms with Crippen LogP contribution in [0.25, 0.3) is 10.4 Å². The average Bonchev–Trinajstić information content (AvgIpc) is 2.28. The molecule has 1 aliphatic rings. The van der Waals surface area contributed by atoms with Crippen LogP contribution in [0.2, 0.25) is 0 Å². The maximum Gasteiger partial charge on any atom is 0.335 e. The smallest absolute Gasteiger partial charge is 0.335 e. The number of nitrogens with zero attached hydrogens (tertiary/aromatic N) is 3. The van der Waals surface area contributed by atoms with E-state index in [4.69, 9.17) is 10.6 Å². The number of azide groups is 1.